The second kappa shape index (κ2) is 5.50. The molecule has 0 heterocycles. The Labute approximate surface area is 116 Å². The van der Waals surface area contributed by atoms with Crippen LogP contribution >= 0.6 is 75.3 Å². The molecule has 0 radical (unpaired) electrons. The lowest BCUT2D eigenvalue weighted by atomic mass is 10.2. The Morgan fingerprint density at radius 1 is 0.923 bits per heavy atom. The summed E-state index contributed by atoms with van der Waals surface area (Å²) in [5.74, 6) is 0. The number of rotatable bonds is 2. The lowest BCUT2D eigenvalue weighted by Gasteiger charge is -2.10. The van der Waals surface area contributed by atoms with Gasteiger partial charge in [-0.25, -0.2) is 0 Å². The first-order valence-corrected chi connectivity index (χ1v) is 7.42. The molecule has 0 aliphatic heterocycles. The molecule has 1 aromatic rings. The van der Waals surface area contributed by atoms with Crippen molar-refractivity contribution in [2.45, 2.75) is 7.47 Å². The van der Waals surface area contributed by atoms with Crippen LogP contribution in [0.4, 0.5) is 0 Å². The van der Waals surface area contributed by atoms with E-state index in [1.807, 2.05) is 18.2 Å². The first kappa shape index (κ1) is 12.5. The van der Waals surface area contributed by atoms with Crippen LogP contribution in [0.5, 0.6) is 0 Å². The Kier molecular flexibility index (Phi) is 5.28. The molecule has 0 fully saturated rings. The van der Waals surface area contributed by atoms with E-state index < -0.39 is 0 Å². The minimum Gasteiger partial charge on any atom is -0.0836 e. The molecule has 0 amide bonds. The van der Waals surface area contributed by atoms with Crippen molar-refractivity contribution in [2.24, 2.45) is 0 Å². The summed E-state index contributed by atoms with van der Waals surface area (Å²) in [6, 6.07) is 5.92. The van der Waals surface area contributed by atoms with Crippen LogP contribution < -0.4 is 0 Å². The van der Waals surface area contributed by atoms with Gasteiger partial charge in [-0.2, -0.15) is 0 Å². The third kappa shape index (κ3) is 3.20. The van der Waals surface area contributed by atoms with Crippen molar-refractivity contribution in [3.05, 3.63) is 34.3 Å². The van der Waals surface area contributed by atoms with Gasteiger partial charge in [-0.1, -0.05) is 93.5 Å². The average Bonchev–Trinajstić information content (AvgIpc) is 2.03. The van der Waals surface area contributed by atoms with Crippen LogP contribution in [-0.2, 0) is 0 Å². The van der Waals surface area contributed by atoms with Gasteiger partial charge in [-0.3, -0.25) is 0 Å². The maximum absolute atomic E-state index is 6.18. The maximum atomic E-state index is 6.18. The highest BCUT2D eigenvalue weighted by Gasteiger charge is 2.14. The molecule has 72 valence electrons. The van der Waals surface area contributed by atoms with Gasteiger partial charge in [0.15, 0.2) is 0 Å². The summed E-state index contributed by atoms with van der Waals surface area (Å²) < 4.78 is 0.178. The van der Waals surface area contributed by atoms with Crippen molar-refractivity contribution in [3.63, 3.8) is 0 Å². The molecule has 0 bridgehead atoms. The average molecular weight is 456 g/mol. The number of benzene rings is 1. The van der Waals surface area contributed by atoms with E-state index in [1.165, 1.54) is 0 Å². The molecule has 0 saturated heterocycles. The van der Waals surface area contributed by atoms with Crippen molar-refractivity contribution < 1.29 is 0 Å². The summed E-state index contributed by atoms with van der Waals surface area (Å²) in [6.45, 7) is 0. The highest BCUT2D eigenvalue weighted by atomic mass is 79.9. The Bertz CT molecular complexity index is 272. The van der Waals surface area contributed by atoms with Gasteiger partial charge in [-0.15, -0.1) is 0 Å². The predicted molar refractivity (Wildman–Crippen MR) is 72.6 cm³/mol. The van der Waals surface area contributed by atoms with E-state index in [-0.39, 0.29) is 7.47 Å². The van der Waals surface area contributed by atoms with E-state index in [2.05, 4.69) is 63.7 Å². The Morgan fingerprint density at radius 3 is 1.62 bits per heavy atom. The fourth-order valence-corrected chi connectivity index (χ4v) is 3.30. The minimum absolute atomic E-state index is 0.0891. The standard InChI is InChI=1S/C8H5Br4Cl/c9-7(10)4-2-1-3-5(6(4)13)8(11)12/h1-3,7-8H. The number of hydrogen-bond acceptors (Lipinski definition) is 0. The van der Waals surface area contributed by atoms with Gasteiger partial charge in [0.2, 0.25) is 0 Å². The van der Waals surface area contributed by atoms with Gasteiger partial charge in [0.1, 0.15) is 0 Å². The number of alkyl halides is 4. The van der Waals surface area contributed by atoms with Gasteiger partial charge in [-0.05, 0) is 11.1 Å². The molecule has 1 aromatic carbocycles. The third-order valence-corrected chi connectivity index (χ3v) is 3.94. The van der Waals surface area contributed by atoms with Crippen molar-refractivity contribution in [1.82, 2.24) is 0 Å². The topological polar surface area (TPSA) is 0 Å². The fraction of sp³-hybridized carbons (Fsp3) is 0.250. The van der Waals surface area contributed by atoms with Crippen LogP contribution in [0.25, 0.3) is 0 Å². The number of halogens is 5. The van der Waals surface area contributed by atoms with E-state index in [1.54, 1.807) is 0 Å². The third-order valence-electron chi connectivity index (χ3n) is 1.53. The van der Waals surface area contributed by atoms with Gasteiger partial charge in [0, 0.05) is 0 Å². The van der Waals surface area contributed by atoms with Gasteiger partial charge < -0.3 is 0 Å². The van der Waals surface area contributed by atoms with Crippen molar-refractivity contribution in [1.29, 1.82) is 0 Å². The molecule has 0 N–H and O–H groups in total. The number of hydrogen-bond donors (Lipinski definition) is 0. The molecule has 0 aliphatic rings. The smallest absolute Gasteiger partial charge is 0.0836 e. The minimum atomic E-state index is 0.0891. The summed E-state index contributed by atoms with van der Waals surface area (Å²) in [5.41, 5.74) is 2.06. The zero-order chi connectivity index (χ0) is 10.0. The van der Waals surface area contributed by atoms with Crippen LogP contribution in [0.1, 0.15) is 18.6 Å². The predicted octanol–water partition coefficient (Wildman–Crippen LogP) is 5.92. The second-order valence-corrected chi connectivity index (χ2v) is 8.85. The lowest BCUT2D eigenvalue weighted by molar-refractivity contribution is 1.34. The molecule has 0 atom stereocenters. The monoisotopic (exact) mass is 452 g/mol. The first-order chi connectivity index (χ1) is 6.04. The lowest BCUT2D eigenvalue weighted by Crippen LogP contribution is -1.89. The Morgan fingerprint density at radius 2 is 1.31 bits per heavy atom. The molecule has 0 spiro atoms. The van der Waals surface area contributed by atoms with E-state index in [9.17, 15) is 0 Å². The van der Waals surface area contributed by atoms with Crippen LogP contribution in [0, 0.1) is 0 Å². The van der Waals surface area contributed by atoms with E-state index in [0.717, 1.165) is 16.1 Å². The normalized spacial score (nSPS) is 11.3. The summed E-state index contributed by atoms with van der Waals surface area (Å²) >= 11 is 19.9. The molecule has 0 aliphatic carbocycles. The first-order valence-electron chi connectivity index (χ1n) is 3.38. The van der Waals surface area contributed by atoms with Crippen LogP contribution in [-0.4, -0.2) is 0 Å². The molecule has 0 unspecified atom stereocenters. The van der Waals surface area contributed by atoms with Gasteiger partial charge in [0.25, 0.3) is 0 Å². The maximum Gasteiger partial charge on any atom is 0.0960 e. The van der Waals surface area contributed by atoms with Crippen molar-refractivity contribution in [2.75, 3.05) is 0 Å². The largest absolute Gasteiger partial charge is 0.0960 e. The highest BCUT2D eigenvalue weighted by Crippen LogP contribution is 2.41. The quantitative estimate of drug-likeness (QED) is 0.485. The van der Waals surface area contributed by atoms with Crippen molar-refractivity contribution >= 4 is 75.3 Å². The molecular weight excluding hydrogens is 451 g/mol. The van der Waals surface area contributed by atoms with Gasteiger partial charge >= 0.3 is 0 Å². The fourth-order valence-electron chi connectivity index (χ4n) is 0.906. The zero-order valence-corrected chi connectivity index (χ0v) is 13.4. The molecule has 5 heteroatoms. The van der Waals surface area contributed by atoms with Crippen LogP contribution in [0.2, 0.25) is 5.02 Å². The molecule has 1 rings (SSSR count). The SMILES string of the molecule is Clc1c(C(Br)Br)cccc1C(Br)Br. The Balaban J connectivity index is 3.18. The summed E-state index contributed by atoms with van der Waals surface area (Å²) in [5, 5.41) is 0.764. The molecule has 0 saturated carbocycles. The highest BCUT2D eigenvalue weighted by molar-refractivity contribution is 9.24. The van der Waals surface area contributed by atoms with Crippen LogP contribution in [0.3, 0.4) is 0 Å². The van der Waals surface area contributed by atoms with E-state index in [0.29, 0.717) is 0 Å². The molecule has 0 nitrogen and oxygen atoms in total. The molecule has 0 aromatic heterocycles. The second-order valence-electron chi connectivity index (χ2n) is 2.35. The van der Waals surface area contributed by atoms with E-state index >= 15 is 0 Å². The van der Waals surface area contributed by atoms with Crippen molar-refractivity contribution in [3.8, 4) is 0 Å². The van der Waals surface area contributed by atoms with E-state index in [4.69, 9.17) is 11.6 Å². The summed E-state index contributed by atoms with van der Waals surface area (Å²) in [4.78, 5) is 0. The van der Waals surface area contributed by atoms with Crippen LogP contribution in [0.15, 0.2) is 18.2 Å². The molecule has 13 heavy (non-hydrogen) atoms. The van der Waals surface area contributed by atoms with Gasteiger partial charge in [0.05, 0.1) is 12.5 Å². The zero-order valence-electron chi connectivity index (χ0n) is 6.28. The molecular formula is C8H5Br4Cl. The summed E-state index contributed by atoms with van der Waals surface area (Å²) in [6.07, 6.45) is 0. The summed E-state index contributed by atoms with van der Waals surface area (Å²) in [7, 11) is 0. The Hall–Kier alpha value is 1.43.